The molecule has 0 aromatic heterocycles. The zero-order valence-corrected chi connectivity index (χ0v) is 11.3. The molecule has 1 aliphatic heterocycles. The molecule has 1 amide bonds. The van der Waals surface area contributed by atoms with Crippen molar-refractivity contribution in [3.63, 3.8) is 0 Å². The van der Waals surface area contributed by atoms with Gasteiger partial charge in [0.05, 0.1) is 0 Å². The predicted octanol–water partition coefficient (Wildman–Crippen LogP) is 2.48. The maximum Gasteiger partial charge on any atom is 0.227 e. The van der Waals surface area contributed by atoms with Gasteiger partial charge in [-0.2, -0.15) is 0 Å². The Balaban J connectivity index is 1.77. The van der Waals surface area contributed by atoms with Gasteiger partial charge in [-0.05, 0) is 36.8 Å². The average molecular weight is 258 g/mol. The second-order valence-corrected chi connectivity index (χ2v) is 5.84. The SMILES string of the molecule is NC(CN1C(=O)CCc2ccccc21)C1CCCC1. The van der Waals surface area contributed by atoms with E-state index in [1.807, 2.05) is 23.1 Å². The number of hydrogen-bond acceptors (Lipinski definition) is 2. The van der Waals surface area contributed by atoms with Crippen LogP contribution in [-0.4, -0.2) is 18.5 Å². The summed E-state index contributed by atoms with van der Waals surface area (Å²) in [4.78, 5) is 14.1. The zero-order valence-electron chi connectivity index (χ0n) is 11.3. The lowest BCUT2D eigenvalue weighted by Crippen LogP contribution is -2.46. The standard InChI is InChI=1S/C16H22N2O/c17-14(12-5-1-2-6-12)11-18-15-8-4-3-7-13(15)9-10-16(18)19/h3-4,7-8,12,14H,1-2,5-6,9-11,17H2. The fraction of sp³-hybridized carbons (Fsp3) is 0.562. The number of aryl methyl sites for hydroxylation is 1. The van der Waals surface area contributed by atoms with Gasteiger partial charge in [-0.25, -0.2) is 0 Å². The highest BCUT2D eigenvalue weighted by Gasteiger charge is 2.29. The second kappa shape index (κ2) is 5.33. The van der Waals surface area contributed by atoms with Crippen LogP contribution in [0.1, 0.15) is 37.7 Å². The fourth-order valence-corrected chi connectivity index (χ4v) is 3.44. The van der Waals surface area contributed by atoms with Crippen LogP contribution in [0, 0.1) is 5.92 Å². The van der Waals surface area contributed by atoms with Crippen molar-refractivity contribution in [3.05, 3.63) is 29.8 Å². The highest BCUT2D eigenvalue weighted by atomic mass is 16.2. The summed E-state index contributed by atoms with van der Waals surface area (Å²) in [6.07, 6.45) is 6.53. The topological polar surface area (TPSA) is 46.3 Å². The quantitative estimate of drug-likeness (QED) is 0.905. The number of benzene rings is 1. The Labute approximate surface area is 114 Å². The lowest BCUT2D eigenvalue weighted by Gasteiger charge is -2.33. The Morgan fingerprint density at radius 1 is 1.21 bits per heavy atom. The van der Waals surface area contributed by atoms with Crippen LogP contribution in [0.3, 0.4) is 0 Å². The molecule has 0 saturated heterocycles. The number of nitrogens with two attached hydrogens (primary N) is 1. The van der Waals surface area contributed by atoms with Gasteiger partial charge in [-0.3, -0.25) is 4.79 Å². The minimum absolute atomic E-state index is 0.123. The summed E-state index contributed by atoms with van der Waals surface area (Å²) in [7, 11) is 0. The van der Waals surface area contributed by atoms with Gasteiger partial charge in [0.15, 0.2) is 0 Å². The van der Waals surface area contributed by atoms with Gasteiger partial charge < -0.3 is 10.6 Å². The van der Waals surface area contributed by atoms with Crippen molar-refractivity contribution in [1.29, 1.82) is 0 Å². The molecule has 1 unspecified atom stereocenters. The Bertz CT molecular complexity index is 466. The molecule has 1 saturated carbocycles. The Kier molecular flexibility index (Phi) is 3.56. The van der Waals surface area contributed by atoms with Crippen molar-refractivity contribution in [2.45, 2.75) is 44.6 Å². The Morgan fingerprint density at radius 3 is 2.74 bits per heavy atom. The maximum atomic E-state index is 12.2. The lowest BCUT2D eigenvalue weighted by molar-refractivity contribution is -0.119. The molecule has 1 aromatic rings. The van der Waals surface area contributed by atoms with Gasteiger partial charge in [-0.1, -0.05) is 31.0 Å². The van der Waals surface area contributed by atoms with Crippen LogP contribution in [0.5, 0.6) is 0 Å². The number of rotatable bonds is 3. The van der Waals surface area contributed by atoms with E-state index in [-0.39, 0.29) is 11.9 Å². The largest absolute Gasteiger partial charge is 0.326 e. The maximum absolute atomic E-state index is 12.2. The molecule has 3 nitrogen and oxygen atoms in total. The van der Waals surface area contributed by atoms with Crippen molar-refractivity contribution in [2.24, 2.45) is 11.7 Å². The number of carbonyl (C=O) groups excluding carboxylic acids is 1. The van der Waals surface area contributed by atoms with E-state index in [1.54, 1.807) is 0 Å². The summed E-state index contributed by atoms with van der Waals surface area (Å²) in [5.41, 5.74) is 8.69. The molecule has 19 heavy (non-hydrogen) atoms. The van der Waals surface area contributed by atoms with Crippen LogP contribution in [0.4, 0.5) is 5.69 Å². The first-order chi connectivity index (χ1) is 9.25. The first-order valence-electron chi connectivity index (χ1n) is 7.39. The third-order valence-corrected chi connectivity index (χ3v) is 4.59. The molecular formula is C16H22N2O. The number of anilines is 1. The van der Waals surface area contributed by atoms with Crippen molar-refractivity contribution in [1.82, 2.24) is 0 Å². The number of para-hydroxylation sites is 1. The second-order valence-electron chi connectivity index (χ2n) is 5.84. The van der Waals surface area contributed by atoms with E-state index in [1.165, 1.54) is 31.2 Å². The van der Waals surface area contributed by atoms with E-state index < -0.39 is 0 Å². The number of hydrogen-bond donors (Lipinski definition) is 1. The van der Waals surface area contributed by atoms with Gasteiger partial charge in [0.2, 0.25) is 5.91 Å². The molecule has 102 valence electrons. The molecule has 2 aliphatic rings. The Hall–Kier alpha value is -1.35. The van der Waals surface area contributed by atoms with Crippen molar-refractivity contribution in [3.8, 4) is 0 Å². The summed E-state index contributed by atoms with van der Waals surface area (Å²) in [6, 6.07) is 8.34. The van der Waals surface area contributed by atoms with E-state index in [2.05, 4.69) is 6.07 Å². The summed E-state index contributed by atoms with van der Waals surface area (Å²) >= 11 is 0. The number of carbonyl (C=O) groups is 1. The molecule has 1 fully saturated rings. The van der Waals surface area contributed by atoms with Crippen molar-refractivity contribution >= 4 is 11.6 Å². The highest BCUT2D eigenvalue weighted by Crippen LogP contribution is 2.31. The molecule has 1 heterocycles. The van der Waals surface area contributed by atoms with Crippen LogP contribution in [0.2, 0.25) is 0 Å². The molecule has 3 heteroatoms. The van der Waals surface area contributed by atoms with E-state index in [9.17, 15) is 4.79 Å². The first-order valence-corrected chi connectivity index (χ1v) is 7.39. The zero-order chi connectivity index (χ0) is 13.2. The third-order valence-electron chi connectivity index (χ3n) is 4.59. The third kappa shape index (κ3) is 2.52. The average Bonchev–Trinajstić information content (AvgIpc) is 2.96. The summed E-state index contributed by atoms with van der Waals surface area (Å²) < 4.78 is 0. The molecule has 0 spiro atoms. The van der Waals surface area contributed by atoms with Crippen LogP contribution in [0.25, 0.3) is 0 Å². The monoisotopic (exact) mass is 258 g/mol. The highest BCUT2D eigenvalue weighted by molar-refractivity contribution is 5.96. The lowest BCUT2D eigenvalue weighted by atomic mass is 9.96. The van der Waals surface area contributed by atoms with E-state index in [4.69, 9.17) is 5.73 Å². The van der Waals surface area contributed by atoms with Gasteiger partial charge >= 0.3 is 0 Å². The molecule has 1 aliphatic carbocycles. The summed E-state index contributed by atoms with van der Waals surface area (Å²) in [5, 5.41) is 0. The van der Waals surface area contributed by atoms with E-state index >= 15 is 0 Å². The molecule has 0 bridgehead atoms. The molecular weight excluding hydrogens is 236 g/mol. The van der Waals surface area contributed by atoms with Gasteiger partial charge in [0.25, 0.3) is 0 Å². The number of amides is 1. The molecule has 1 aromatic carbocycles. The van der Waals surface area contributed by atoms with Crippen LogP contribution in [-0.2, 0) is 11.2 Å². The first kappa shape index (κ1) is 12.7. The number of nitrogens with zero attached hydrogens (tertiary/aromatic N) is 1. The Morgan fingerprint density at radius 2 is 1.95 bits per heavy atom. The van der Waals surface area contributed by atoms with Crippen molar-refractivity contribution < 1.29 is 4.79 Å². The van der Waals surface area contributed by atoms with Crippen LogP contribution >= 0.6 is 0 Å². The molecule has 1 atom stereocenters. The van der Waals surface area contributed by atoms with Crippen molar-refractivity contribution in [2.75, 3.05) is 11.4 Å². The molecule has 0 radical (unpaired) electrons. The minimum Gasteiger partial charge on any atom is -0.326 e. The van der Waals surface area contributed by atoms with Gasteiger partial charge in [-0.15, -0.1) is 0 Å². The summed E-state index contributed by atoms with van der Waals surface area (Å²) in [6.45, 7) is 0.681. The van der Waals surface area contributed by atoms with Gasteiger partial charge in [0.1, 0.15) is 0 Å². The summed E-state index contributed by atoms with van der Waals surface area (Å²) in [5.74, 6) is 0.828. The van der Waals surface area contributed by atoms with Crippen LogP contribution in [0.15, 0.2) is 24.3 Å². The van der Waals surface area contributed by atoms with E-state index in [0.717, 1.165) is 12.1 Å². The van der Waals surface area contributed by atoms with Gasteiger partial charge in [0, 0.05) is 24.7 Å². The normalized spacial score (nSPS) is 21.5. The number of fused-ring (bicyclic) bond motifs is 1. The molecule has 3 rings (SSSR count). The van der Waals surface area contributed by atoms with E-state index in [0.29, 0.717) is 18.9 Å². The predicted molar refractivity (Wildman–Crippen MR) is 77.0 cm³/mol. The molecule has 2 N–H and O–H groups in total. The van der Waals surface area contributed by atoms with Crippen LogP contribution < -0.4 is 10.6 Å². The minimum atomic E-state index is 0.123. The fourth-order valence-electron chi connectivity index (χ4n) is 3.44. The smallest absolute Gasteiger partial charge is 0.227 e.